The molecule has 0 aromatic carbocycles. The molecule has 0 bridgehead atoms. The minimum absolute atomic E-state index is 0.111. The van der Waals surface area contributed by atoms with Crippen molar-refractivity contribution in [3.8, 4) is 0 Å². The average Bonchev–Trinajstić information content (AvgIpc) is 1.66. The lowest BCUT2D eigenvalue weighted by Crippen LogP contribution is -1.70. The van der Waals surface area contributed by atoms with Gasteiger partial charge in [0.25, 0.3) is 0 Å². The van der Waals surface area contributed by atoms with E-state index in [9.17, 15) is 0 Å². The van der Waals surface area contributed by atoms with Gasteiger partial charge in [-0.25, -0.2) is 0 Å². The van der Waals surface area contributed by atoms with Gasteiger partial charge in [0, 0.05) is 0 Å². The molecule has 0 saturated heterocycles. The van der Waals surface area contributed by atoms with Crippen molar-refractivity contribution in [2.45, 2.75) is 6.42 Å². The second-order valence-electron chi connectivity index (χ2n) is 1.38. The molecule has 0 aliphatic carbocycles. The van der Waals surface area contributed by atoms with E-state index in [1.807, 2.05) is 6.08 Å². The topological polar surface area (TPSA) is 20.2 Å². The van der Waals surface area contributed by atoms with E-state index in [1.54, 1.807) is 6.08 Å². The lowest BCUT2D eigenvalue weighted by Gasteiger charge is -1.84. The van der Waals surface area contributed by atoms with Crippen molar-refractivity contribution in [1.82, 2.24) is 0 Å². The van der Waals surface area contributed by atoms with E-state index in [4.69, 9.17) is 5.11 Å². The maximum atomic E-state index is 8.25. The number of aliphatic hydroxyl groups is 1. The van der Waals surface area contributed by atoms with Crippen molar-refractivity contribution in [3.63, 3.8) is 0 Å². The minimum Gasteiger partial charge on any atom is -0.392 e. The van der Waals surface area contributed by atoms with Crippen LogP contribution >= 0.6 is 15.9 Å². The Morgan fingerprint density at radius 1 is 1.62 bits per heavy atom. The van der Waals surface area contributed by atoms with Crippen LogP contribution in [-0.4, -0.2) is 11.7 Å². The lowest BCUT2D eigenvalue weighted by molar-refractivity contribution is 0.342. The van der Waals surface area contributed by atoms with Crippen molar-refractivity contribution >= 4 is 15.9 Å². The third kappa shape index (κ3) is 5.92. The van der Waals surface area contributed by atoms with Crippen LogP contribution in [0.2, 0.25) is 0 Å². The summed E-state index contributed by atoms with van der Waals surface area (Å²) in [5.41, 5.74) is 0. The number of aliphatic hydroxyl groups excluding tert-OH is 1. The third-order valence-corrected chi connectivity index (χ3v) is 0.935. The molecule has 46 valence electrons. The molecule has 1 N–H and O–H groups in total. The smallest absolute Gasteiger partial charge is 0.0612 e. The maximum Gasteiger partial charge on any atom is 0.0612 e. The molecule has 2 heteroatoms. The van der Waals surface area contributed by atoms with Crippen LogP contribution < -0.4 is 0 Å². The van der Waals surface area contributed by atoms with E-state index >= 15 is 0 Å². The molecule has 0 amide bonds. The summed E-state index contributed by atoms with van der Waals surface area (Å²) in [4.78, 5) is 0. The lowest BCUT2D eigenvalue weighted by atomic mass is 10.4. The highest BCUT2D eigenvalue weighted by Crippen LogP contribution is 2.05. The number of rotatable bonds is 3. The zero-order valence-corrected chi connectivity index (χ0v) is 6.19. The molecule has 0 aromatic rings. The normalized spacial score (nSPS) is 10.2. The monoisotopic (exact) mass is 176 g/mol. The van der Waals surface area contributed by atoms with Crippen LogP contribution in [0.15, 0.2) is 23.2 Å². The highest BCUT2D eigenvalue weighted by molar-refractivity contribution is 9.11. The van der Waals surface area contributed by atoms with E-state index in [1.165, 1.54) is 0 Å². The molecular weight excluding hydrogens is 168 g/mol. The first kappa shape index (κ1) is 7.92. The van der Waals surface area contributed by atoms with Gasteiger partial charge in [0.15, 0.2) is 0 Å². The fourth-order valence-electron chi connectivity index (χ4n) is 0.286. The van der Waals surface area contributed by atoms with Gasteiger partial charge >= 0.3 is 0 Å². The second kappa shape index (κ2) is 5.06. The summed E-state index contributed by atoms with van der Waals surface area (Å²) in [7, 11) is 0. The Labute approximate surface area is 57.8 Å². The first-order valence-electron chi connectivity index (χ1n) is 2.36. The quantitative estimate of drug-likeness (QED) is 0.652. The van der Waals surface area contributed by atoms with Crippen molar-refractivity contribution < 1.29 is 5.11 Å². The molecule has 1 nitrogen and oxygen atoms in total. The standard InChI is InChI=1S/C6H9BrO/c1-6(7)4-2-3-5-8/h2-3,8H,1,4-5H2/b3-2+. The van der Waals surface area contributed by atoms with Gasteiger partial charge in [-0.1, -0.05) is 34.7 Å². The first-order chi connectivity index (χ1) is 3.77. The van der Waals surface area contributed by atoms with Gasteiger partial charge < -0.3 is 5.11 Å². The van der Waals surface area contributed by atoms with Gasteiger partial charge in [-0.05, 0) is 10.9 Å². The predicted molar refractivity (Wildman–Crippen MR) is 38.9 cm³/mol. The Morgan fingerprint density at radius 2 is 2.25 bits per heavy atom. The van der Waals surface area contributed by atoms with Gasteiger partial charge in [0.1, 0.15) is 0 Å². The summed E-state index contributed by atoms with van der Waals surface area (Å²) in [6.07, 6.45) is 4.34. The molecular formula is C6H9BrO. The molecule has 0 unspecified atom stereocenters. The van der Waals surface area contributed by atoms with Crippen LogP contribution in [0.4, 0.5) is 0 Å². The molecule has 0 aliphatic heterocycles. The summed E-state index contributed by atoms with van der Waals surface area (Å²) in [5.74, 6) is 0. The Morgan fingerprint density at radius 3 is 2.62 bits per heavy atom. The Balaban J connectivity index is 3.16. The number of hydrogen-bond acceptors (Lipinski definition) is 1. The van der Waals surface area contributed by atoms with Crippen molar-refractivity contribution in [1.29, 1.82) is 0 Å². The van der Waals surface area contributed by atoms with Crippen LogP contribution in [-0.2, 0) is 0 Å². The Kier molecular flexibility index (Phi) is 5.01. The molecule has 0 radical (unpaired) electrons. The van der Waals surface area contributed by atoms with Crippen LogP contribution in [0.25, 0.3) is 0 Å². The van der Waals surface area contributed by atoms with E-state index in [0.717, 1.165) is 10.9 Å². The second-order valence-corrected chi connectivity index (χ2v) is 2.50. The van der Waals surface area contributed by atoms with E-state index in [0.29, 0.717) is 0 Å². The van der Waals surface area contributed by atoms with Gasteiger partial charge in [-0.3, -0.25) is 0 Å². The summed E-state index contributed by atoms with van der Waals surface area (Å²) in [6, 6.07) is 0. The van der Waals surface area contributed by atoms with Crippen LogP contribution in [0.3, 0.4) is 0 Å². The van der Waals surface area contributed by atoms with E-state index in [-0.39, 0.29) is 6.61 Å². The SMILES string of the molecule is C=C(Br)C/C=C/CO. The zero-order valence-electron chi connectivity index (χ0n) is 4.60. The average molecular weight is 177 g/mol. The third-order valence-electron chi connectivity index (χ3n) is 0.611. The van der Waals surface area contributed by atoms with Crippen LogP contribution in [0, 0.1) is 0 Å². The van der Waals surface area contributed by atoms with E-state index < -0.39 is 0 Å². The van der Waals surface area contributed by atoms with Gasteiger partial charge in [-0.2, -0.15) is 0 Å². The van der Waals surface area contributed by atoms with Crippen LogP contribution in [0.5, 0.6) is 0 Å². The molecule has 0 rings (SSSR count). The van der Waals surface area contributed by atoms with Crippen molar-refractivity contribution in [2.75, 3.05) is 6.61 Å². The zero-order chi connectivity index (χ0) is 6.41. The Bertz CT molecular complexity index is 96.7. The van der Waals surface area contributed by atoms with Gasteiger partial charge in [0.05, 0.1) is 6.61 Å². The summed E-state index contributed by atoms with van der Waals surface area (Å²) < 4.78 is 0.933. The molecule has 0 fully saturated rings. The molecule has 0 saturated carbocycles. The summed E-state index contributed by atoms with van der Waals surface area (Å²) in [5, 5.41) is 8.25. The molecule has 0 aromatic heterocycles. The minimum atomic E-state index is 0.111. The number of allylic oxidation sites excluding steroid dienone is 2. The largest absolute Gasteiger partial charge is 0.392 e. The highest BCUT2D eigenvalue weighted by Gasteiger charge is 1.77. The van der Waals surface area contributed by atoms with Gasteiger partial charge in [-0.15, -0.1) is 0 Å². The highest BCUT2D eigenvalue weighted by atomic mass is 79.9. The number of hydrogen-bond donors (Lipinski definition) is 1. The van der Waals surface area contributed by atoms with Crippen molar-refractivity contribution in [3.05, 3.63) is 23.2 Å². The fraction of sp³-hybridized carbons (Fsp3) is 0.333. The number of halogens is 1. The Hall–Kier alpha value is -0.0800. The predicted octanol–water partition coefficient (Wildman–Crippen LogP) is 1.83. The molecule has 0 spiro atoms. The summed E-state index contributed by atoms with van der Waals surface area (Å²) >= 11 is 3.18. The maximum absolute atomic E-state index is 8.25. The van der Waals surface area contributed by atoms with Gasteiger partial charge in [0.2, 0.25) is 0 Å². The first-order valence-corrected chi connectivity index (χ1v) is 3.16. The van der Waals surface area contributed by atoms with Crippen molar-refractivity contribution in [2.24, 2.45) is 0 Å². The van der Waals surface area contributed by atoms with E-state index in [2.05, 4.69) is 22.5 Å². The molecule has 0 atom stereocenters. The molecule has 0 aliphatic rings. The summed E-state index contributed by atoms with van der Waals surface area (Å²) in [6.45, 7) is 3.72. The van der Waals surface area contributed by atoms with Crippen LogP contribution in [0.1, 0.15) is 6.42 Å². The molecule has 0 heterocycles. The molecule has 8 heavy (non-hydrogen) atoms. The fourth-order valence-corrected chi connectivity index (χ4v) is 0.473.